The number of nitrogens with zero attached hydrogens (tertiary/aromatic N) is 2. The smallest absolute Gasteiger partial charge is 0.263 e. The minimum atomic E-state index is -0.152. The summed E-state index contributed by atoms with van der Waals surface area (Å²) in [5.41, 5.74) is 1.36. The molecular formula is C24H18N2O4. The summed E-state index contributed by atoms with van der Waals surface area (Å²) in [4.78, 5) is 28.6. The average molecular weight is 398 g/mol. The number of ether oxygens (including phenoxy) is 1. The van der Waals surface area contributed by atoms with Crippen molar-refractivity contribution in [3.05, 3.63) is 107 Å². The summed E-state index contributed by atoms with van der Waals surface area (Å²) < 4.78 is 12.3. The average Bonchev–Trinajstić information content (AvgIpc) is 3.30. The van der Waals surface area contributed by atoms with Crippen LogP contribution < -0.4 is 10.3 Å². The fraction of sp³-hybridized carbons (Fsp3) is 0.0417. The monoisotopic (exact) mass is 398 g/mol. The van der Waals surface area contributed by atoms with Gasteiger partial charge in [0.15, 0.2) is 12.5 Å². The molecule has 0 N–H and O–H groups in total. The molecule has 0 aliphatic rings. The zero-order valence-electron chi connectivity index (χ0n) is 16.0. The van der Waals surface area contributed by atoms with E-state index in [1.165, 1.54) is 23.0 Å². The highest BCUT2D eigenvalue weighted by Gasteiger charge is 2.04. The van der Waals surface area contributed by atoms with Crippen molar-refractivity contribution in [3.63, 3.8) is 0 Å². The lowest BCUT2D eigenvalue weighted by Gasteiger charge is -2.09. The lowest BCUT2D eigenvalue weighted by molar-refractivity contribution is -0.110. The zero-order valence-corrected chi connectivity index (χ0v) is 16.0. The number of furan rings is 1. The molecule has 2 heterocycles. The Balaban J connectivity index is 1.36. The summed E-state index contributed by atoms with van der Waals surface area (Å²) in [6.07, 6.45) is 9.29. The van der Waals surface area contributed by atoms with Crippen molar-refractivity contribution in [1.29, 1.82) is 0 Å². The predicted molar refractivity (Wildman–Crippen MR) is 115 cm³/mol. The van der Waals surface area contributed by atoms with Crippen LogP contribution in [0.4, 0.5) is 0 Å². The number of aromatic nitrogens is 2. The molecule has 0 bridgehead atoms. The standard InChI is InChI=1S/C24H18N2O4/c27-19(11-14-20-4-3-15-29-20)10-7-18-8-12-21(13-9-18)30-17-26-16-25-23-6-2-1-5-22(23)24(26)28/h1-16H,17H2/b10-7+,14-11+. The molecule has 6 heteroatoms. The Labute approximate surface area is 172 Å². The number of hydrogen-bond donors (Lipinski definition) is 0. The molecule has 30 heavy (non-hydrogen) atoms. The van der Waals surface area contributed by atoms with Crippen LogP contribution in [0.3, 0.4) is 0 Å². The molecule has 0 spiro atoms. The Morgan fingerprint density at radius 2 is 1.80 bits per heavy atom. The van der Waals surface area contributed by atoms with E-state index in [0.717, 1.165) is 5.56 Å². The molecule has 148 valence electrons. The fourth-order valence-corrected chi connectivity index (χ4v) is 2.80. The van der Waals surface area contributed by atoms with Gasteiger partial charge in [-0.1, -0.05) is 30.3 Å². The number of carbonyl (C=O) groups excluding carboxylic acids is 1. The van der Waals surface area contributed by atoms with Gasteiger partial charge in [-0.2, -0.15) is 0 Å². The molecule has 0 saturated carbocycles. The summed E-state index contributed by atoms with van der Waals surface area (Å²) in [5.74, 6) is 1.09. The highest BCUT2D eigenvalue weighted by Crippen LogP contribution is 2.14. The Kier molecular flexibility index (Phi) is 5.66. The Morgan fingerprint density at radius 3 is 2.60 bits per heavy atom. The van der Waals surface area contributed by atoms with E-state index >= 15 is 0 Å². The molecule has 6 nitrogen and oxygen atoms in total. The molecule has 0 fully saturated rings. The van der Waals surface area contributed by atoms with Crippen LogP contribution in [0.1, 0.15) is 11.3 Å². The summed E-state index contributed by atoms with van der Waals surface area (Å²) >= 11 is 0. The second-order valence-electron chi connectivity index (χ2n) is 6.46. The second kappa shape index (κ2) is 8.87. The number of para-hydroxylation sites is 1. The molecular weight excluding hydrogens is 380 g/mol. The fourth-order valence-electron chi connectivity index (χ4n) is 2.80. The number of hydrogen-bond acceptors (Lipinski definition) is 5. The molecule has 2 aromatic heterocycles. The van der Waals surface area contributed by atoms with Gasteiger partial charge >= 0.3 is 0 Å². The van der Waals surface area contributed by atoms with Gasteiger partial charge in [0.2, 0.25) is 0 Å². The largest absolute Gasteiger partial charge is 0.473 e. The summed E-state index contributed by atoms with van der Waals surface area (Å²) in [7, 11) is 0. The molecule has 0 aliphatic heterocycles. The van der Waals surface area contributed by atoms with Gasteiger partial charge in [0.05, 0.1) is 17.2 Å². The summed E-state index contributed by atoms with van der Waals surface area (Å²) in [5, 5.41) is 0.551. The Bertz CT molecular complexity index is 1270. The van der Waals surface area contributed by atoms with Gasteiger partial charge < -0.3 is 9.15 Å². The van der Waals surface area contributed by atoms with E-state index in [0.29, 0.717) is 22.4 Å². The van der Waals surface area contributed by atoms with Gasteiger partial charge in [-0.3, -0.25) is 14.2 Å². The van der Waals surface area contributed by atoms with Crippen molar-refractivity contribution >= 4 is 28.8 Å². The number of fused-ring (bicyclic) bond motifs is 1. The number of benzene rings is 2. The van der Waals surface area contributed by atoms with Gasteiger partial charge in [-0.15, -0.1) is 0 Å². The molecule has 0 unspecified atom stereocenters. The topological polar surface area (TPSA) is 74.3 Å². The normalized spacial score (nSPS) is 11.5. The van der Waals surface area contributed by atoms with E-state index in [2.05, 4.69) is 4.98 Å². The van der Waals surface area contributed by atoms with Crippen LogP contribution in [0.5, 0.6) is 5.75 Å². The van der Waals surface area contributed by atoms with Crippen LogP contribution in [0.15, 0.2) is 94.6 Å². The van der Waals surface area contributed by atoms with E-state index in [-0.39, 0.29) is 18.1 Å². The van der Waals surface area contributed by atoms with E-state index in [4.69, 9.17) is 9.15 Å². The van der Waals surface area contributed by atoms with Crippen LogP contribution in [-0.4, -0.2) is 15.3 Å². The first-order valence-corrected chi connectivity index (χ1v) is 9.30. The number of carbonyl (C=O) groups is 1. The quantitative estimate of drug-likeness (QED) is 0.434. The van der Waals surface area contributed by atoms with Gasteiger partial charge in [-0.25, -0.2) is 4.98 Å². The SMILES string of the molecule is O=C(/C=C/c1ccc(OCn2cnc3ccccc3c2=O)cc1)/C=C/c1ccco1. The van der Waals surface area contributed by atoms with Crippen LogP contribution in [-0.2, 0) is 11.5 Å². The van der Waals surface area contributed by atoms with E-state index < -0.39 is 0 Å². The molecule has 2 aromatic carbocycles. The molecule has 0 radical (unpaired) electrons. The van der Waals surface area contributed by atoms with E-state index in [1.54, 1.807) is 60.9 Å². The predicted octanol–water partition coefficient (Wildman–Crippen LogP) is 4.32. The lowest BCUT2D eigenvalue weighted by atomic mass is 10.2. The van der Waals surface area contributed by atoms with Crippen LogP contribution in [0.2, 0.25) is 0 Å². The van der Waals surface area contributed by atoms with Gasteiger partial charge in [-0.05, 0) is 60.2 Å². The highest BCUT2D eigenvalue weighted by atomic mass is 16.5. The maximum Gasteiger partial charge on any atom is 0.263 e. The molecule has 4 aromatic rings. The van der Waals surface area contributed by atoms with Crippen molar-refractivity contribution in [2.24, 2.45) is 0 Å². The van der Waals surface area contributed by atoms with Gasteiger partial charge in [0, 0.05) is 0 Å². The second-order valence-corrected chi connectivity index (χ2v) is 6.46. The number of rotatable bonds is 7. The Morgan fingerprint density at radius 1 is 1.00 bits per heavy atom. The van der Waals surface area contributed by atoms with Gasteiger partial charge in [0.25, 0.3) is 5.56 Å². The van der Waals surface area contributed by atoms with Crippen molar-refractivity contribution in [3.8, 4) is 5.75 Å². The van der Waals surface area contributed by atoms with Crippen molar-refractivity contribution in [2.45, 2.75) is 6.73 Å². The minimum Gasteiger partial charge on any atom is -0.473 e. The van der Waals surface area contributed by atoms with Crippen LogP contribution in [0, 0.1) is 0 Å². The third-order valence-electron chi connectivity index (χ3n) is 4.38. The summed E-state index contributed by atoms with van der Waals surface area (Å²) in [6, 6.07) is 17.9. The summed E-state index contributed by atoms with van der Waals surface area (Å²) in [6.45, 7) is 0.0575. The van der Waals surface area contributed by atoms with Gasteiger partial charge in [0.1, 0.15) is 17.8 Å². The van der Waals surface area contributed by atoms with Crippen molar-refractivity contribution < 1.29 is 13.9 Å². The minimum absolute atomic E-state index is 0.0575. The Hall–Kier alpha value is -4.19. The molecule has 0 atom stereocenters. The first kappa shape index (κ1) is 19.1. The van der Waals surface area contributed by atoms with E-state index in [1.807, 2.05) is 18.2 Å². The van der Waals surface area contributed by atoms with Crippen LogP contribution in [0.25, 0.3) is 23.1 Å². The number of ketones is 1. The van der Waals surface area contributed by atoms with E-state index in [9.17, 15) is 9.59 Å². The van der Waals surface area contributed by atoms with Crippen molar-refractivity contribution in [1.82, 2.24) is 9.55 Å². The first-order chi connectivity index (χ1) is 14.7. The molecule has 0 saturated heterocycles. The molecule has 0 aliphatic carbocycles. The maximum atomic E-state index is 12.5. The van der Waals surface area contributed by atoms with Crippen molar-refractivity contribution in [2.75, 3.05) is 0 Å². The molecule has 4 rings (SSSR count). The zero-order chi connectivity index (χ0) is 20.8. The first-order valence-electron chi connectivity index (χ1n) is 9.30. The lowest BCUT2D eigenvalue weighted by Crippen LogP contribution is -2.23. The molecule has 0 amide bonds. The number of allylic oxidation sites excluding steroid dienone is 2. The maximum absolute atomic E-state index is 12.5. The third-order valence-corrected chi connectivity index (χ3v) is 4.38. The third kappa shape index (κ3) is 4.62. The highest BCUT2D eigenvalue weighted by molar-refractivity contribution is 6.04. The van der Waals surface area contributed by atoms with Crippen LogP contribution >= 0.6 is 0 Å².